The molecule has 1 amide bonds. The zero-order valence-corrected chi connectivity index (χ0v) is 17.6. The lowest BCUT2D eigenvalue weighted by Gasteiger charge is -2.34. The highest BCUT2D eigenvalue weighted by Crippen LogP contribution is 2.18. The van der Waals surface area contributed by atoms with Crippen LogP contribution in [0.2, 0.25) is 0 Å². The third kappa shape index (κ3) is 4.60. The van der Waals surface area contributed by atoms with Gasteiger partial charge in [0, 0.05) is 37.1 Å². The number of aryl methyl sites for hydroxylation is 1. The molecule has 6 heteroatoms. The molecule has 0 aliphatic carbocycles. The molecule has 1 saturated heterocycles. The van der Waals surface area contributed by atoms with Crippen LogP contribution in [0.4, 0.5) is 5.82 Å². The molecule has 0 unspecified atom stereocenters. The third-order valence-electron chi connectivity index (χ3n) is 5.72. The number of anilines is 1. The van der Waals surface area contributed by atoms with E-state index in [1.807, 2.05) is 41.3 Å². The van der Waals surface area contributed by atoms with E-state index in [2.05, 4.69) is 33.9 Å². The molecular formula is C24H29N5O. The Hall–Kier alpha value is -2.99. The first-order valence-electron chi connectivity index (χ1n) is 10.8. The normalized spacial score (nSPS) is 14.9. The Morgan fingerprint density at radius 2 is 1.73 bits per heavy atom. The first kappa shape index (κ1) is 20.3. The number of benzene rings is 2. The summed E-state index contributed by atoms with van der Waals surface area (Å²) in [6, 6.07) is 15.9. The monoisotopic (exact) mass is 403 g/mol. The minimum atomic E-state index is 0.114. The summed E-state index contributed by atoms with van der Waals surface area (Å²) in [6.45, 7) is 5.85. The van der Waals surface area contributed by atoms with E-state index in [0.29, 0.717) is 25.5 Å². The molecule has 2 N–H and O–H groups in total. The second kappa shape index (κ2) is 9.22. The van der Waals surface area contributed by atoms with Gasteiger partial charge in [-0.25, -0.2) is 9.97 Å². The summed E-state index contributed by atoms with van der Waals surface area (Å²) in [5.41, 5.74) is 9.05. The lowest BCUT2D eigenvalue weighted by atomic mass is 10.1. The van der Waals surface area contributed by atoms with Crippen molar-refractivity contribution in [1.29, 1.82) is 0 Å². The highest BCUT2D eigenvalue weighted by Gasteiger charge is 2.23. The summed E-state index contributed by atoms with van der Waals surface area (Å²) in [5.74, 6) is 1.36. The standard InChI is InChI=1S/C24H29N5O/c1-2-3-6-18-9-11-19(12-10-18)24(30)29-15-13-28(14-16-29)17-22-26-21-8-5-4-7-20(21)23(25)27-22/h4-5,7-12H,2-3,6,13-17H2,1H3,(H2,25,26,27). The Morgan fingerprint density at radius 3 is 2.47 bits per heavy atom. The Balaban J connectivity index is 1.34. The summed E-state index contributed by atoms with van der Waals surface area (Å²) in [4.78, 5) is 26.2. The number of nitrogen functional groups attached to an aromatic ring is 1. The van der Waals surface area contributed by atoms with Gasteiger partial charge in [-0.2, -0.15) is 0 Å². The first-order chi connectivity index (χ1) is 14.6. The minimum absolute atomic E-state index is 0.114. The largest absolute Gasteiger partial charge is 0.383 e. The van der Waals surface area contributed by atoms with Crippen LogP contribution < -0.4 is 5.73 Å². The highest BCUT2D eigenvalue weighted by molar-refractivity contribution is 5.94. The molecule has 0 bridgehead atoms. The second-order valence-corrected chi connectivity index (χ2v) is 7.91. The predicted molar refractivity (Wildman–Crippen MR) is 120 cm³/mol. The van der Waals surface area contributed by atoms with Crippen LogP contribution in [0.5, 0.6) is 0 Å². The van der Waals surface area contributed by atoms with Crippen LogP contribution in [-0.4, -0.2) is 51.9 Å². The fourth-order valence-corrected chi connectivity index (χ4v) is 3.91. The zero-order chi connectivity index (χ0) is 20.9. The van der Waals surface area contributed by atoms with Crippen molar-refractivity contribution in [3.05, 3.63) is 65.5 Å². The first-order valence-corrected chi connectivity index (χ1v) is 10.8. The number of amides is 1. The van der Waals surface area contributed by atoms with Gasteiger partial charge in [0.15, 0.2) is 0 Å². The van der Waals surface area contributed by atoms with Gasteiger partial charge in [-0.05, 0) is 42.7 Å². The van der Waals surface area contributed by atoms with Gasteiger partial charge in [0.1, 0.15) is 11.6 Å². The fraction of sp³-hybridized carbons (Fsp3) is 0.375. The maximum atomic E-state index is 12.8. The van der Waals surface area contributed by atoms with Gasteiger partial charge in [-0.15, -0.1) is 0 Å². The van der Waals surface area contributed by atoms with E-state index in [1.165, 1.54) is 18.4 Å². The van der Waals surface area contributed by atoms with Crippen LogP contribution in [0.15, 0.2) is 48.5 Å². The van der Waals surface area contributed by atoms with Gasteiger partial charge in [-0.1, -0.05) is 37.6 Å². The fourth-order valence-electron chi connectivity index (χ4n) is 3.91. The number of fused-ring (bicyclic) bond motifs is 1. The number of piperazine rings is 1. The van der Waals surface area contributed by atoms with Crippen LogP contribution in [0, 0.1) is 0 Å². The predicted octanol–water partition coefficient (Wildman–Crippen LogP) is 3.51. The van der Waals surface area contributed by atoms with Crippen molar-refractivity contribution < 1.29 is 4.79 Å². The number of carbonyl (C=O) groups excluding carboxylic acids is 1. The van der Waals surface area contributed by atoms with Gasteiger partial charge in [0.25, 0.3) is 5.91 Å². The van der Waals surface area contributed by atoms with Crippen LogP contribution in [0.1, 0.15) is 41.5 Å². The topological polar surface area (TPSA) is 75.4 Å². The van der Waals surface area contributed by atoms with Crippen LogP contribution >= 0.6 is 0 Å². The summed E-state index contributed by atoms with van der Waals surface area (Å²) >= 11 is 0. The molecule has 0 radical (unpaired) electrons. The van der Waals surface area contributed by atoms with Crippen LogP contribution in [0.25, 0.3) is 10.9 Å². The van der Waals surface area contributed by atoms with E-state index in [1.54, 1.807) is 0 Å². The number of nitrogens with two attached hydrogens (primary N) is 1. The molecule has 2 aromatic carbocycles. The van der Waals surface area contributed by atoms with Gasteiger partial charge < -0.3 is 10.6 Å². The summed E-state index contributed by atoms with van der Waals surface area (Å²) in [6.07, 6.45) is 3.44. The van der Waals surface area contributed by atoms with E-state index in [9.17, 15) is 4.79 Å². The van der Waals surface area contributed by atoms with Crippen LogP contribution in [-0.2, 0) is 13.0 Å². The van der Waals surface area contributed by atoms with Crippen molar-refractivity contribution in [2.75, 3.05) is 31.9 Å². The number of para-hydroxylation sites is 1. The SMILES string of the molecule is CCCCc1ccc(C(=O)N2CCN(Cc3nc(N)c4ccccc4n3)CC2)cc1. The number of hydrogen-bond donors (Lipinski definition) is 1. The van der Waals surface area contributed by atoms with Crippen molar-refractivity contribution >= 4 is 22.6 Å². The summed E-state index contributed by atoms with van der Waals surface area (Å²) in [5, 5.41) is 0.886. The maximum Gasteiger partial charge on any atom is 0.253 e. The lowest BCUT2D eigenvalue weighted by Crippen LogP contribution is -2.48. The van der Waals surface area contributed by atoms with Crippen molar-refractivity contribution in [2.24, 2.45) is 0 Å². The average molecular weight is 404 g/mol. The molecular weight excluding hydrogens is 374 g/mol. The quantitative estimate of drug-likeness (QED) is 0.682. The Labute approximate surface area is 177 Å². The number of nitrogens with zero attached hydrogens (tertiary/aromatic N) is 4. The van der Waals surface area contributed by atoms with Crippen molar-refractivity contribution in [3.8, 4) is 0 Å². The zero-order valence-electron chi connectivity index (χ0n) is 17.6. The van der Waals surface area contributed by atoms with E-state index < -0.39 is 0 Å². The molecule has 2 heterocycles. The Kier molecular flexibility index (Phi) is 6.23. The van der Waals surface area contributed by atoms with Gasteiger partial charge in [0.05, 0.1) is 12.1 Å². The summed E-state index contributed by atoms with van der Waals surface area (Å²) in [7, 11) is 0. The number of aromatic nitrogens is 2. The van der Waals surface area contributed by atoms with E-state index >= 15 is 0 Å². The molecule has 0 spiro atoms. The third-order valence-corrected chi connectivity index (χ3v) is 5.72. The molecule has 6 nitrogen and oxygen atoms in total. The lowest BCUT2D eigenvalue weighted by molar-refractivity contribution is 0.0625. The molecule has 4 rings (SSSR count). The van der Waals surface area contributed by atoms with Crippen molar-refractivity contribution in [2.45, 2.75) is 32.7 Å². The van der Waals surface area contributed by atoms with Gasteiger partial charge in [0.2, 0.25) is 0 Å². The van der Waals surface area contributed by atoms with E-state index in [0.717, 1.165) is 41.8 Å². The van der Waals surface area contributed by atoms with Gasteiger partial charge >= 0.3 is 0 Å². The number of carbonyl (C=O) groups is 1. The van der Waals surface area contributed by atoms with E-state index in [4.69, 9.17) is 5.73 Å². The average Bonchev–Trinajstić information content (AvgIpc) is 2.78. The molecule has 156 valence electrons. The van der Waals surface area contributed by atoms with E-state index in [-0.39, 0.29) is 5.91 Å². The smallest absolute Gasteiger partial charge is 0.253 e. The van der Waals surface area contributed by atoms with Crippen LogP contribution in [0.3, 0.4) is 0 Å². The maximum absolute atomic E-state index is 12.8. The Morgan fingerprint density at radius 1 is 1.00 bits per heavy atom. The van der Waals surface area contributed by atoms with Crippen molar-refractivity contribution in [1.82, 2.24) is 19.8 Å². The number of unbranched alkanes of at least 4 members (excludes halogenated alkanes) is 1. The number of hydrogen-bond acceptors (Lipinski definition) is 5. The molecule has 0 atom stereocenters. The number of rotatable bonds is 6. The summed E-state index contributed by atoms with van der Waals surface area (Å²) < 4.78 is 0. The minimum Gasteiger partial charge on any atom is -0.383 e. The van der Waals surface area contributed by atoms with Gasteiger partial charge in [-0.3, -0.25) is 9.69 Å². The molecule has 1 aliphatic heterocycles. The van der Waals surface area contributed by atoms with Crippen molar-refractivity contribution in [3.63, 3.8) is 0 Å². The molecule has 1 fully saturated rings. The highest BCUT2D eigenvalue weighted by atomic mass is 16.2. The molecule has 1 aromatic heterocycles. The molecule has 1 aliphatic rings. The molecule has 3 aromatic rings. The Bertz CT molecular complexity index is 1010. The molecule has 30 heavy (non-hydrogen) atoms. The second-order valence-electron chi connectivity index (χ2n) is 7.91. The molecule has 0 saturated carbocycles.